The van der Waals surface area contributed by atoms with Crippen LogP contribution in [0.4, 0.5) is 0 Å². The molecule has 0 bridgehead atoms. The minimum Gasteiger partial charge on any atom is -0.428 e. The Balaban J connectivity index is 3.56. The van der Waals surface area contributed by atoms with Crippen molar-refractivity contribution in [1.82, 2.24) is 0 Å². The van der Waals surface area contributed by atoms with Gasteiger partial charge in [-0.05, 0) is 0 Å². The molecule has 0 N–H and O–H groups in total. The first-order valence-electron chi connectivity index (χ1n) is 4.99. The summed E-state index contributed by atoms with van der Waals surface area (Å²) in [5, 5.41) is 0. The van der Waals surface area contributed by atoms with Gasteiger partial charge in [0.05, 0.1) is 12.8 Å². The van der Waals surface area contributed by atoms with E-state index < -0.39 is 37.5 Å². The molecule has 0 unspecified atom stereocenters. The van der Waals surface area contributed by atoms with Crippen molar-refractivity contribution in [3.05, 3.63) is 0 Å². The van der Waals surface area contributed by atoms with Crippen LogP contribution in [0.15, 0.2) is 0 Å². The third-order valence-electron chi connectivity index (χ3n) is 1.50. The van der Waals surface area contributed by atoms with E-state index in [4.69, 9.17) is 0 Å². The maximum Gasteiger partial charge on any atom is 0.309 e. The first-order valence-corrected chi connectivity index (χ1v) is 4.99. The van der Waals surface area contributed by atoms with E-state index in [1.54, 1.807) is 0 Å². The summed E-state index contributed by atoms with van der Waals surface area (Å²) in [7, 11) is 0. The van der Waals surface area contributed by atoms with E-state index in [0.717, 1.165) is 0 Å². The number of ether oxygens (including phenoxy) is 4. The topological polar surface area (TPSA) is 105 Å². The van der Waals surface area contributed by atoms with Gasteiger partial charge in [-0.1, -0.05) is 0 Å². The fourth-order valence-corrected chi connectivity index (χ4v) is 0.705. The highest BCUT2D eigenvalue weighted by molar-refractivity contribution is 5.77. The van der Waals surface area contributed by atoms with Crippen LogP contribution in [0.1, 0.15) is 26.7 Å². The van der Waals surface area contributed by atoms with Gasteiger partial charge in [-0.3, -0.25) is 19.2 Å². The molecule has 8 nitrogen and oxygen atoms in total. The summed E-state index contributed by atoms with van der Waals surface area (Å²) in [6.07, 6.45) is -0.444. The lowest BCUT2D eigenvalue weighted by atomic mass is 10.3. The molecule has 0 aromatic carbocycles. The van der Waals surface area contributed by atoms with Crippen molar-refractivity contribution in [2.75, 3.05) is 13.6 Å². The SMILES string of the molecule is CC(=O)OCOC(=O)CCC(=O)OCOC(C)=O. The average molecular weight is 262 g/mol. The molecule has 0 heterocycles. The molecule has 8 heteroatoms. The second-order valence-electron chi connectivity index (χ2n) is 3.04. The molecule has 0 aliphatic heterocycles. The van der Waals surface area contributed by atoms with Gasteiger partial charge in [0.1, 0.15) is 0 Å². The minimum atomic E-state index is -0.708. The maximum atomic E-state index is 11.0. The van der Waals surface area contributed by atoms with Crippen molar-refractivity contribution in [1.29, 1.82) is 0 Å². The van der Waals surface area contributed by atoms with Crippen molar-refractivity contribution in [2.24, 2.45) is 0 Å². The predicted octanol–water partition coefficient (Wildman–Crippen LogP) is -0.106. The summed E-state index contributed by atoms with van der Waals surface area (Å²) >= 11 is 0. The normalized spacial score (nSPS) is 9.22. The van der Waals surface area contributed by atoms with Crippen molar-refractivity contribution in [3.8, 4) is 0 Å². The molecule has 0 aliphatic carbocycles. The van der Waals surface area contributed by atoms with Crippen LogP contribution in [-0.4, -0.2) is 37.5 Å². The molecule has 0 atom stereocenters. The van der Waals surface area contributed by atoms with Crippen LogP contribution in [0.3, 0.4) is 0 Å². The summed E-state index contributed by atoms with van der Waals surface area (Å²) in [4.78, 5) is 42.7. The Morgan fingerprint density at radius 2 is 1.00 bits per heavy atom. The second kappa shape index (κ2) is 8.97. The molecular formula is C10H14O8. The zero-order chi connectivity index (χ0) is 14.0. The van der Waals surface area contributed by atoms with E-state index >= 15 is 0 Å². The van der Waals surface area contributed by atoms with E-state index in [-0.39, 0.29) is 12.8 Å². The van der Waals surface area contributed by atoms with Gasteiger partial charge in [-0.2, -0.15) is 0 Å². The first-order chi connectivity index (χ1) is 8.41. The molecule has 0 amide bonds. The van der Waals surface area contributed by atoms with Gasteiger partial charge in [0, 0.05) is 13.8 Å². The highest BCUT2D eigenvalue weighted by Crippen LogP contribution is 1.96. The van der Waals surface area contributed by atoms with Crippen LogP contribution in [-0.2, 0) is 38.1 Å². The van der Waals surface area contributed by atoms with Gasteiger partial charge in [0.25, 0.3) is 0 Å². The number of rotatable bonds is 7. The molecule has 0 radical (unpaired) electrons. The third-order valence-corrected chi connectivity index (χ3v) is 1.50. The predicted molar refractivity (Wildman–Crippen MR) is 54.7 cm³/mol. The van der Waals surface area contributed by atoms with Gasteiger partial charge in [0.15, 0.2) is 0 Å². The summed E-state index contributed by atoms with van der Waals surface area (Å²) in [5.74, 6) is -2.58. The third kappa shape index (κ3) is 10.4. The number of esters is 4. The van der Waals surface area contributed by atoms with Crippen LogP contribution in [0.25, 0.3) is 0 Å². The number of carbonyl (C=O) groups excluding carboxylic acids is 4. The lowest BCUT2D eigenvalue weighted by Gasteiger charge is -2.05. The molecule has 18 heavy (non-hydrogen) atoms. The largest absolute Gasteiger partial charge is 0.428 e. The van der Waals surface area contributed by atoms with Gasteiger partial charge in [-0.25, -0.2) is 0 Å². The van der Waals surface area contributed by atoms with Crippen molar-refractivity contribution in [3.63, 3.8) is 0 Å². The van der Waals surface area contributed by atoms with E-state index in [9.17, 15) is 19.2 Å². The fourth-order valence-electron chi connectivity index (χ4n) is 0.705. The monoisotopic (exact) mass is 262 g/mol. The fraction of sp³-hybridized carbons (Fsp3) is 0.600. The van der Waals surface area contributed by atoms with Crippen LogP contribution in [0.2, 0.25) is 0 Å². The average Bonchev–Trinajstić information content (AvgIpc) is 2.25. The highest BCUT2D eigenvalue weighted by Gasteiger charge is 2.09. The Hall–Kier alpha value is -2.12. The Morgan fingerprint density at radius 3 is 1.28 bits per heavy atom. The maximum absolute atomic E-state index is 11.0. The lowest BCUT2D eigenvalue weighted by molar-refractivity contribution is -0.171. The standard InChI is InChI=1S/C10H14O8/c1-7(11)15-5-17-9(13)3-4-10(14)18-6-16-8(2)12/h3-6H2,1-2H3. The number of hydrogen-bond acceptors (Lipinski definition) is 8. The molecule has 0 saturated heterocycles. The highest BCUT2D eigenvalue weighted by atomic mass is 16.7. The molecule has 0 rings (SSSR count). The molecule has 0 saturated carbocycles. The van der Waals surface area contributed by atoms with Crippen LogP contribution < -0.4 is 0 Å². The number of hydrogen-bond donors (Lipinski definition) is 0. The van der Waals surface area contributed by atoms with Gasteiger partial charge in [0.2, 0.25) is 13.6 Å². The van der Waals surface area contributed by atoms with Gasteiger partial charge in [-0.15, -0.1) is 0 Å². The summed E-state index contributed by atoms with van der Waals surface area (Å²) in [6, 6.07) is 0. The molecule has 102 valence electrons. The van der Waals surface area contributed by atoms with E-state index in [2.05, 4.69) is 18.9 Å². The first kappa shape index (κ1) is 15.9. The molecule has 0 fully saturated rings. The zero-order valence-electron chi connectivity index (χ0n) is 10.1. The van der Waals surface area contributed by atoms with E-state index in [1.165, 1.54) is 13.8 Å². The van der Waals surface area contributed by atoms with Crippen LogP contribution >= 0.6 is 0 Å². The Morgan fingerprint density at radius 1 is 0.667 bits per heavy atom. The summed E-state index contributed by atoms with van der Waals surface area (Å²) < 4.78 is 17.7. The molecular weight excluding hydrogens is 248 g/mol. The zero-order valence-corrected chi connectivity index (χ0v) is 10.1. The minimum absolute atomic E-state index is 0.222. The summed E-state index contributed by atoms with van der Waals surface area (Å²) in [6.45, 7) is 1.35. The van der Waals surface area contributed by atoms with E-state index in [0.29, 0.717) is 0 Å². The van der Waals surface area contributed by atoms with Crippen molar-refractivity contribution in [2.45, 2.75) is 26.7 Å². The Kier molecular flexibility index (Phi) is 7.91. The molecule has 0 aliphatic rings. The van der Waals surface area contributed by atoms with Crippen molar-refractivity contribution >= 4 is 23.9 Å². The van der Waals surface area contributed by atoms with Gasteiger partial charge >= 0.3 is 23.9 Å². The molecule has 0 aromatic heterocycles. The van der Waals surface area contributed by atoms with Gasteiger partial charge < -0.3 is 18.9 Å². The van der Waals surface area contributed by atoms with Crippen LogP contribution in [0, 0.1) is 0 Å². The van der Waals surface area contributed by atoms with E-state index in [1.807, 2.05) is 0 Å². The summed E-state index contributed by atoms with van der Waals surface area (Å²) in [5.41, 5.74) is 0. The van der Waals surface area contributed by atoms with Crippen LogP contribution in [0.5, 0.6) is 0 Å². The molecule has 0 spiro atoms. The Labute approximate surface area is 103 Å². The Bertz CT molecular complexity index is 290. The quantitative estimate of drug-likeness (QED) is 0.462. The molecule has 0 aromatic rings. The van der Waals surface area contributed by atoms with Crippen molar-refractivity contribution < 1.29 is 38.1 Å². The smallest absolute Gasteiger partial charge is 0.309 e. The second-order valence-corrected chi connectivity index (χ2v) is 3.04. The lowest BCUT2D eigenvalue weighted by Crippen LogP contribution is -2.14. The number of carbonyl (C=O) groups is 4.